The summed E-state index contributed by atoms with van der Waals surface area (Å²) in [5.74, 6) is 1.74. The van der Waals surface area contributed by atoms with Crippen molar-refractivity contribution in [3.63, 3.8) is 0 Å². The van der Waals surface area contributed by atoms with Gasteiger partial charge in [-0.05, 0) is 24.3 Å². The zero-order valence-corrected chi connectivity index (χ0v) is 22.4. The number of hydrogen-bond acceptors (Lipinski definition) is 6. The maximum atomic E-state index is 5.12. The predicted octanol–water partition coefficient (Wildman–Crippen LogP) is 8.18. The van der Waals surface area contributed by atoms with Gasteiger partial charge < -0.3 is 0 Å². The Kier molecular flexibility index (Phi) is 5.67. The zero-order valence-electron chi connectivity index (χ0n) is 22.4. The number of nitrogens with zero attached hydrogens (tertiary/aromatic N) is 6. The minimum Gasteiger partial charge on any atom is -0.255 e. The summed E-state index contributed by atoms with van der Waals surface area (Å²) in [7, 11) is 0. The first-order chi connectivity index (χ1) is 20.8. The Bertz CT molecular complexity index is 2260. The molecule has 4 aromatic heterocycles. The lowest BCUT2D eigenvalue weighted by Gasteiger charge is -2.13. The van der Waals surface area contributed by atoms with E-state index in [2.05, 4.69) is 40.3 Å². The third-order valence-electron chi connectivity index (χ3n) is 7.42. The topological polar surface area (TPSA) is 77.3 Å². The standard InChI is InChI=1S/C36H22N6/c1-2-9-26(10-3-1)34-40-35(42-36(41-34)29-16-6-11-23-12-7-21-37-31(23)29)28-15-5-4-14-27(28)30-20-19-25-18-17-24-13-8-22-38-32(24)33(25)39-30/h1-22H. The van der Waals surface area contributed by atoms with Gasteiger partial charge in [0.05, 0.1) is 22.2 Å². The summed E-state index contributed by atoms with van der Waals surface area (Å²) < 4.78 is 0. The first-order valence-corrected chi connectivity index (χ1v) is 13.7. The molecular formula is C36H22N6. The van der Waals surface area contributed by atoms with Gasteiger partial charge in [-0.25, -0.2) is 19.9 Å². The molecule has 0 fully saturated rings. The summed E-state index contributed by atoms with van der Waals surface area (Å²) in [5, 5.41) is 3.13. The molecule has 0 saturated heterocycles. The van der Waals surface area contributed by atoms with Crippen LogP contribution in [-0.4, -0.2) is 29.9 Å². The number of aromatic nitrogens is 6. The highest BCUT2D eigenvalue weighted by molar-refractivity contribution is 6.03. The molecule has 0 atom stereocenters. The first kappa shape index (κ1) is 24.0. The molecule has 6 heteroatoms. The van der Waals surface area contributed by atoms with Crippen molar-refractivity contribution >= 4 is 32.7 Å². The predicted molar refractivity (Wildman–Crippen MR) is 167 cm³/mol. The van der Waals surface area contributed by atoms with Crippen molar-refractivity contribution in [3.8, 4) is 45.4 Å². The van der Waals surface area contributed by atoms with Gasteiger partial charge in [0.2, 0.25) is 0 Å². The van der Waals surface area contributed by atoms with Gasteiger partial charge in [0.25, 0.3) is 0 Å². The average Bonchev–Trinajstić information content (AvgIpc) is 3.08. The van der Waals surface area contributed by atoms with Gasteiger partial charge in [-0.1, -0.05) is 97.1 Å². The maximum absolute atomic E-state index is 5.12. The third-order valence-corrected chi connectivity index (χ3v) is 7.42. The van der Waals surface area contributed by atoms with Crippen molar-refractivity contribution in [2.24, 2.45) is 0 Å². The number of para-hydroxylation sites is 1. The smallest absolute Gasteiger partial charge is 0.166 e. The zero-order chi connectivity index (χ0) is 27.9. The van der Waals surface area contributed by atoms with Gasteiger partial charge in [0, 0.05) is 50.8 Å². The van der Waals surface area contributed by atoms with Crippen molar-refractivity contribution in [2.75, 3.05) is 0 Å². The molecular weight excluding hydrogens is 516 g/mol. The molecule has 0 radical (unpaired) electrons. The van der Waals surface area contributed by atoms with Crippen LogP contribution in [-0.2, 0) is 0 Å². The highest BCUT2D eigenvalue weighted by atomic mass is 15.0. The average molecular weight is 539 g/mol. The number of benzene rings is 4. The number of pyridine rings is 3. The Morgan fingerprint density at radius 3 is 1.71 bits per heavy atom. The van der Waals surface area contributed by atoms with E-state index in [9.17, 15) is 0 Å². The molecule has 4 aromatic carbocycles. The number of rotatable bonds is 4. The molecule has 6 nitrogen and oxygen atoms in total. The van der Waals surface area contributed by atoms with Crippen LogP contribution < -0.4 is 0 Å². The molecule has 0 amide bonds. The van der Waals surface area contributed by atoms with Crippen molar-refractivity contribution in [1.29, 1.82) is 0 Å². The fraction of sp³-hybridized carbons (Fsp3) is 0. The summed E-state index contributed by atoms with van der Waals surface area (Å²) in [4.78, 5) is 29.4. The van der Waals surface area contributed by atoms with Crippen LogP contribution in [0.4, 0.5) is 0 Å². The summed E-state index contributed by atoms with van der Waals surface area (Å²) in [6, 6.07) is 40.5. The van der Waals surface area contributed by atoms with Gasteiger partial charge in [-0.15, -0.1) is 0 Å². The molecule has 0 saturated carbocycles. The van der Waals surface area contributed by atoms with Crippen molar-refractivity contribution in [2.45, 2.75) is 0 Å². The molecule has 0 aliphatic carbocycles. The highest BCUT2D eigenvalue weighted by Gasteiger charge is 2.18. The summed E-state index contributed by atoms with van der Waals surface area (Å²) in [6.07, 6.45) is 3.61. The summed E-state index contributed by atoms with van der Waals surface area (Å²) >= 11 is 0. The van der Waals surface area contributed by atoms with E-state index in [-0.39, 0.29) is 0 Å². The van der Waals surface area contributed by atoms with E-state index in [0.29, 0.717) is 17.5 Å². The fourth-order valence-corrected chi connectivity index (χ4v) is 5.39. The van der Waals surface area contributed by atoms with E-state index in [0.717, 1.165) is 60.7 Å². The second kappa shape index (κ2) is 9.94. The van der Waals surface area contributed by atoms with Crippen LogP contribution in [0.3, 0.4) is 0 Å². The van der Waals surface area contributed by atoms with Crippen LogP contribution in [0.2, 0.25) is 0 Å². The van der Waals surface area contributed by atoms with E-state index in [1.807, 2.05) is 97.2 Å². The van der Waals surface area contributed by atoms with Gasteiger partial charge in [-0.2, -0.15) is 0 Å². The lowest BCUT2D eigenvalue weighted by Crippen LogP contribution is -2.02. The molecule has 8 rings (SSSR count). The Balaban J connectivity index is 1.36. The molecule has 8 aromatic rings. The molecule has 0 aliphatic heterocycles. The fourth-order valence-electron chi connectivity index (χ4n) is 5.39. The normalized spacial score (nSPS) is 11.3. The summed E-state index contributed by atoms with van der Waals surface area (Å²) in [5.41, 5.74) is 6.98. The van der Waals surface area contributed by atoms with Gasteiger partial charge in [0.1, 0.15) is 0 Å². The van der Waals surface area contributed by atoms with Crippen LogP contribution in [0.15, 0.2) is 134 Å². The van der Waals surface area contributed by atoms with Crippen LogP contribution in [0.25, 0.3) is 78.1 Å². The van der Waals surface area contributed by atoms with Crippen molar-refractivity contribution in [3.05, 3.63) is 134 Å². The first-order valence-electron chi connectivity index (χ1n) is 13.7. The molecule has 0 unspecified atom stereocenters. The number of hydrogen-bond donors (Lipinski definition) is 0. The van der Waals surface area contributed by atoms with Crippen LogP contribution in [0.5, 0.6) is 0 Å². The van der Waals surface area contributed by atoms with Gasteiger partial charge >= 0.3 is 0 Å². The molecule has 196 valence electrons. The Morgan fingerprint density at radius 1 is 0.333 bits per heavy atom. The minimum atomic E-state index is 0.569. The molecule has 0 aliphatic rings. The lowest BCUT2D eigenvalue weighted by molar-refractivity contribution is 1.07. The van der Waals surface area contributed by atoms with Crippen molar-refractivity contribution < 1.29 is 0 Å². The monoisotopic (exact) mass is 538 g/mol. The summed E-state index contributed by atoms with van der Waals surface area (Å²) in [6.45, 7) is 0. The molecule has 42 heavy (non-hydrogen) atoms. The largest absolute Gasteiger partial charge is 0.255 e. The maximum Gasteiger partial charge on any atom is 0.166 e. The quantitative estimate of drug-likeness (QED) is 0.210. The van der Waals surface area contributed by atoms with E-state index in [1.165, 1.54) is 0 Å². The van der Waals surface area contributed by atoms with Crippen LogP contribution >= 0.6 is 0 Å². The van der Waals surface area contributed by atoms with E-state index in [1.54, 1.807) is 6.20 Å². The van der Waals surface area contributed by atoms with Crippen molar-refractivity contribution in [1.82, 2.24) is 29.9 Å². The van der Waals surface area contributed by atoms with E-state index in [4.69, 9.17) is 19.9 Å². The van der Waals surface area contributed by atoms with E-state index >= 15 is 0 Å². The third kappa shape index (κ3) is 4.14. The number of fused-ring (bicyclic) bond motifs is 4. The van der Waals surface area contributed by atoms with Crippen LogP contribution in [0, 0.1) is 0 Å². The Hall–Kier alpha value is -5.88. The second-order valence-electron chi connectivity index (χ2n) is 10.0. The Morgan fingerprint density at radius 2 is 0.905 bits per heavy atom. The SMILES string of the molecule is c1ccc(-c2nc(-c3ccccc3-c3ccc4ccc5cccnc5c4n3)nc(-c3cccc4cccnc34)n2)cc1. The molecule has 0 N–H and O–H groups in total. The van der Waals surface area contributed by atoms with Gasteiger partial charge in [0.15, 0.2) is 17.5 Å². The van der Waals surface area contributed by atoms with Crippen LogP contribution in [0.1, 0.15) is 0 Å². The highest BCUT2D eigenvalue weighted by Crippen LogP contribution is 2.34. The minimum absolute atomic E-state index is 0.569. The lowest BCUT2D eigenvalue weighted by atomic mass is 10.0. The molecule has 0 bridgehead atoms. The second-order valence-corrected chi connectivity index (χ2v) is 10.0. The molecule has 4 heterocycles. The van der Waals surface area contributed by atoms with Gasteiger partial charge in [-0.3, -0.25) is 9.97 Å². The Labute approximate surface area is 241 Å². The molecule has 0 spiro atoms. The van der Waals surface area contributed by atoms with E-state index < -0.39 is 0 Å².